The van der Waals surface area contributed by atoms with E-state index in [0.29, 0.717) is 11.3 Å². The van der Waals surface area contributed by atoms with Crippen molar-refractivity contribution in [1.82, 2.24) is 4.98 Å². The molecular formula is C14H12F3NO2. The van der Waals surface area contributed by atoms with E-state index in [-0.39, 0.29) is 16.8 Å². The van der Waals surface area contributed by atoms with Crippen LogP contribution in [0.3, 0.4) is 0 Å². The van der Waals surface area contributed by atoms with Crippen LogP contribution >= 0.6 is 0 Å². The smallest absolute Gasteiger partial charge is 0.417 e. The fraction of sp³-hybridized carbons (Fsp3) is 0.214. The van der Waals surface area contributed by atoms with Crippen LogP contribution < -0.4 is 0 Å². The first kappa shape index (κ1) is 14.2. The molecule has 0 atom stereocenters. The average Bonchev–Trinajstić information content (AvgIpc) is 2.64. The van der Waals surface area contributed by atoms with E-state index in [4.69, 9.17) is 5.11 Å². The maximum Gasteiger partial charge on any atom is 0.417 e. The van der Waals surface area contributed by atoms with Gasteiger partial charge in [-0.1, -0.05) is 18.2 Å². The van der Waals surface area contributed by atoms with Crippen LogP contribution in [-0.4, -0.2) is 16.1 Å². The standard InChI is InChI=1S/C14H12F3NO2/c1-7-11(8(2)18-12(7)13(19)20)9-5-3-4-6-10(9)14(15,16)17/h3-6,18H,1-2H3,(H,19,20). The van der Waals surface area contributed by atoms with E-state index in [1.165, 1.54) is 25.1 Å². The zero-order valence-electron chi connectivity index (χ0n) is 10.8. The summed E-state index contributed by atoms with van der Waals surface area (Å²) in [6.07, 6.45) is -4.49. The molecule has 0 unspecified atom stereocenters. The second-order valence-electron chi connectivity index (χ2n) is 4.47. The molecule has 0 saturated carbocycles. The van der Waals surface area contributed by atoms with Crippen LogP contribution in [0.5, 0.6) is 0 Å². The van der Waals surface area contributed by atoms with Crippen molar-refractivity contribution in [2.75, 3.05) is 0 Å². The summed E-state index contributed by atoms with van der Waals surface area (Å²) in [7, 11) is 0. The van der Waals surface area contributed by atoms with Gasteiger partial charge in [-0.15, -0.1) is 0 Å². The van der Waals surface area contributed by atoms with Crippen molar-refractivity contribution >= 4 is 5.97 Å². The van der Waals surface area contributed by atoms with Gasteiger partial charge in [0.05, 0.1) is 5.56 Å². The molecule has 2 rings (SSSR count). The van der Waals surface area contributed by atoms with Crippen molar-refractivity contribution in [2.45, 2.75) is 20.0 Å². The number of carboxylic acid groups (broad SMARTS) is 1. The Morgan fingerprint density at radius 3 is 2.30 bits per heavy atom. The Bertz CT molecular complexity index is 672. The third-order valence-electron chi connectivity index (χ3n) is 3.15. The van der Waals surface area contributed by atoms with Crippen molar-refractivity contribution in [2.24, 2.45) is 0 Å². The van der Waals surface area contributed by atoms with Gasteiger partial charge in [-0.25, -0.2) is 4.79 Å². The number of halogens is 3. The summed E-state index contributed by atoms with van der Waals surface area (Å²) in [6.45, 7) is 3.05. The Morgan fingerprint density at radius 1 is 1.20 bits per heavy atom. The summed E-state index contributed by atoms with van der Waals surface area (Å²) >= 11 is 0. The molecule has 0 fully saturated rings. The highest BCUT2D eigenvalue weighted by molar-refractivity contribution is 5.91. The molecule has 20 heavy (non-hydrogen) atoms. The molecule has 0 amide bonds. The number of rotatable bonds is 2. The Morgan fingerprint density at radius 2 is 1.80 bits per heavy atom. The van der Waals surface area contributed by atoms with Gasteiger partial charge < -0.3 is 10.1 Å². The molecule has 3 nitrogen and oxygen atoms in total. The monoisotopic (exact) mass is 283 g/mol. The minimum atomic E-state index is -4.49. The van der Waals surface area contributed by atoms with E-state index >= 15 is 0 Å². The molecule has 2 aromatic rings. The number of aryl methyl sites for hydroxylation is 1. The van der Waals surface area contributed by atoms with E-state index in [2.05, 4.69) is 4.98 Å². The summed E-state index contributed by atoms with van der Waals surface area (Å²) in [4.78, 5) is 13.7. The topological polar surface area (TPSA) is 53.1 Å². The summed E-state index contributed by atoms with van der Waals surface area (Å²) in [5, 5.41) is 9.03. The highest BCUT2D eigenvalue weighted by Gasteiger charge is 2.34. The quantitative estimate of drug-likeness (QED) is 0.874. The van der Waals surface area contributed by atoms with Crippen LogP contribution in [0.25, 0.3) is 11.1 Å². The zero-order valence-corrected chi connectivity index (χ0v) is 10.8. The Hall–Kier alpha value is -2.24. The van der Waals surface area contributed by atoms with Crippen LogP contribution in [0.15, 0.2) is 24.3 Å². The molecule has 2 N–H and O–H groups in total. The third kappa shape index (κ3) is 2.29. The molecule has 0 saturated heterocycles. The normalized spacial score (nSPS) is 11.7. The number of nitrogens with one attached hydrogen (secondary N) is 1. The first-order chi connectivity index (χ1) is 9.23. The maximum absolute atomic E-state index is 13.0. The zero-order chi connectivity index (χ0) is 15.1. The number of aromatic nitrogens is 1. The lowest BCUT2D eigenvalue weighted by atomic mass is 9.96. The summed E-state index contributed by atoms with van der Waals surface area (Å²) in [6, 6.07) is 5.14. The van der Waals surface area contributed by atoms with Gasteiger partial charge in [0.2, 0.25) is 0 Å². The number of hydrogen-bond acceptors (Lipinski definition) is 1. The third-order valence-corrected chi connectivity index (χ3v) is 3.15. The van der Waals surface area contributed by atoms with Crippen molar-refractivity contribution < 1.29 is 23.1 Å². The first-order valence-corrected chi connectivity index (χ1v) is 5.82. The average molecular weight is 283 g/mol. The van der Waals surface area contributed by atoms with Crippen LogP contribution in [0, 0.1) is 13.8 Å². The van der Waals surface area contributed by atoms with Gasteiger partial charge >= 0.3 is 12.1 Å². The largest absolute Gasteiger partial charge is 0.477 e. The van der Waals surface area contributed by atoms with Crippen LogP contribution in [0.1, 0.15) is 27.3 Å². The minimum Gasteiger partial charge on any atom is -0.477 e. The van der Waals surface area contributed by atoms with Crippen LogP contribution in [0.4, 0.5) is 13.2 Å². The number of aromatic amines is 1. The second kappa shape index (κ2) is 4.70. The first-order valence-electron chi connectivity index (χ1n) is 5.82. The molecule has 0 aliphatic carbocycles. The summed E-state index contributed by atoms with van der Waals surface area (Å²) < 4.78 is 39.1. The van der Waals surface area contributed by atoms with Gasteiger partial charge in [0.25, 0.3) is 0 Å². The molecule has 6 heteroatoms. The number of H-pyrrole nitrogens is 1. The number of alkyl halides is 3. The van der Waals surface area contributed by atoms with Gasteiger partial charge in [0.1, 0.15) is 5.69 Å². The molecule has 0 aliphatic rings. The van der Waals surface area contributed by atoms with Crippen molar-refractivity contribution in [3.8, 4) is 11.1 Å². The Labute approximate surface area is 113 Å². The number of aromatic carboxylic acids is 1. The fourth-order valence-corrected chi connectivity index (χ4v) is 2.32. The Kier molecular flexibility index (Phi) is 3.33. The molecule has 106 valence electrons. The molecule has 0 spiro atoms. The predicted molar refractivity (Wildman–Crippen MR) is 67.7 cm³/mol. The van der Waals surface area contributed by atoms with E-state index in [1.54, 1.807) is 6.92 Å². The fourth-order valence-electron chi connectivity index (χ4n) is 2.32. The molecule has 0 aliphatic heterocycles. The van der Waals surface area contributed by atoms with Crippen molar-refractivity contribution in [3.05, 3.63) is 46.8 Å². The second-order valence-corrected chi connectivity index (χ2v) is 4.47. The highest BCUT2D eigenvalue weighted by Crippen LogP contribution is 2.39. The lowest BCUT2D eigenvalue weighted by molar-refractivity contribution is -0.137. The molecule has 0 bridgehead atoms. The molecule has 0 radical (unpaired) electrons. The summed E-state index contributed by atoms with van der Waals surface area (Å²) in [5.74, 6) is -1.19. The maximum atomic E-state index is 13.0. The minimum absolute atomic E-state index is 0.0150. The number of hydrogen-bond donors (Lipinski definition) is 2. The number of carboxylic acids is 1. The van der Waals surface area contributed by atoms with Gasteiger partial charge in [-0.2, -0.15) is 13.2 Å². The van der Waals surface area contributed by atoms with E-state index in [9.17, 15) is 18.0 Å². The summed E-state index contributed by atoms with van der Waals surface area (Å²) in [5.41, 5.74) is 0.106. The lowest BCUT2D eigenvalue weighted by Crippen LogP contribution is -2.07. The van der Waals surface area contributed by atoms with Gasteiger partial charge in [0, 0.05) is 11.3 Å². The SMILES string of the molecule is Cc1[nH]c(C(=O)O)c(C)c1-c1ccccc1C(F)(F)F. The molecular weight excluding hydrogens is 271 g/mol. The Balaban J connectivity index is 2.73. The van der Waals surface area contributed by atoms with Gasteiger partial charge in [0.15, 0.2) is 0 Å². The molecule has 1 heterocycles. The molecule has 1 aromatic heterocycles. The predicted octanol–water partition coefficient (Wildman–Crippen LogP) is 4.02. The van der Waals surface area contributed by atoms with E-state index < -0.39 is 17.7 Å². The van der Waals surface area contributed by atoms with E-state index in [0.717, 1.165) is 6.07 Å². The highest BCUT2D eigenvalue weighted by atomic mass is 19.4. The lowest BCUT2D eigenvalue weighted by Gasteiger charge is -2.13. The molecule has 1 aromatic carbocycles. The van der Waals surface area contributed by atoms with Crippen molar-refractivity contribution in [1.29, 1.82) is 0 Å². The van der Waals surface area contributed by atoms with E-state index in [1.807, 2.05) is 0 Å². The number of carbonyl (C=O) groups is 1. The van der Waals surface area contributed by atoms with Crippen LogP contribution in [0.2, 0.25) is 0 Å². The van der Waals surface area contributed by atoms with Crippen molar-refractivity contribution in [3.63, 3.8) is 0 Å². The van der Waals surface area contributed by atoms with Crippen LogP contribution in [-0.2, 0) is 6.18 Å². The van der Waals surface area contributed by atoms with Gasteiger partial charge in [-0.05, 0) is 31.0 Å². The van der Waals surface area contributed by atoms with Gasteiger partial charge in [-0.3, -0.25) is 0 Å². The number of benzene rings is 1.